The number of fused-ring (bicyclic) bond motifs is 2. The number of nitrogens with one attached hydrogen (secondary N) is 1. The van der Waals surface area contributed by atoms with Crippen LogP contribution in [0.5, 0.6) is 0 Å². The van der Waals surface area contributed by atoms with E-state index in [9.17, 15) is 14.7 Å². The first-order valence-electron chi connectivity index (χ1n) is 6.55. The summed E-state index contributed by atoms with van der Waals surface area (Å²) in [7, 11) is 0. The van der Waals surface area contributed by atoms with Crippen molar-refractivity contribution in [2.45, 2.75) is 18.5 Å². The fourth-order valence-corrected chi connectivity index (χ4v) is 3.82. The van der Waals surface area contributed by atoms with Crippen molar-refractivity contribution in [1.82, 2.24) is 20.0 Å². The van der Waals surface area contributed by atoms with Crippen molar-refractivity contribution in [2.75, 3.05) is 6.54 Å². The maximum atomic E-state index is 12.1. The Morgan fingerprint density at radius 3 is 3.09 bits per heavy atom. The van der Waals surface area contributed by atoms with Gasteiger partial charge in [0.2, 0.25) is 0 Å². The summed E-state index contributed by atoms with van der Waals surface area (Å²) in [5.41, 5.74) is 2.35. The van der Waals surface area contributed by atoms with E-state index in [1.54, 1.807) is 6.08 Å². The van der Waals surface area contributed by atoms with Gasteiger partial charge in [-0.2, -0.15) is 5.10 Å². The molecule has 4 rings (SSSR count). The van der Waals surface area contributed by atoms with Crippen LogP contribution in [0.3, 0.4) is 0 Å². The Kier molecular flexibility index (Phi) is 4.21. The minimum absolute atomic E-state index is 0. The summed E-state index contributed by atoms with van der Waals surface area (Å²) >= 11 is 1.30. The Morgan fingerprint density at radius 1 is 1.55 bits per heavy atom. The number of carbonyl (C=O) groups is 2. The Labute approximate surface area is 152 Å². The fraction of sp³-hybridized carbons (Fsp3) is 0.308. The van der Waals surface area contributed by atoms with Crippen LogP contribution in [-0.2, 0) is 22.7 Å². The molecule has 3 aliphatic rings. The van der Waals surface area contributed by atoms with Gasteiger partial charge in [0.25, 0.3) is 5.91 Å². The molecule has 0 unspecified atom stereocenters. The van der Waals surface area contributed by atoms with Gasteiger partial charge in [-0.05, 0) is 17.6 Å². The standard InChI is InChI=1S/C13H12N4O3S.Na/c18-11-9(12-17(11)10(6-21-12)13(19)20)4-7-3-8-5-14-1-2-16(8)15-7;/h3-4,6,12,14H,1-2,5H2,(H,19,20);/q;+1/p-1/b9-4-;/t12-;/m1./s1. The van der Waals surface area contributed by atoms with E-state index in [1.807, 2.05) is 10.7 Å². The molecule has 108 valence electrons. The Morgan fingerprint density at radius 2 is 2.36 bits per heavy atom. The van der Waals surface area contributed by atoms with Gasteiger partial charge < -0.3 is 15.2 Å². The second-order valence-electron chi connectivity index (χ2n) is 5.01. The van der Waals surface area contributed by atoms with Gasteiger partial charge in [0.15, 0.2) is 0 Å². The number of thioether (sulfide) groups is 1. The molecular formula is C13H11N4NaO3S. The average molecular weight is 326 g/mol. The largest absolute Gasteiger partial charge is 1.00 e. The van der Waals surface area contributed by atoms with E-state index in [0.29, 0.717) is 5.57 Å². The van der Waals surface area contributed by atoms with E-state index >= 15 is 0 Å². The molecule has 0 spiro atoms. The molecule has 1 amide bonds. The Balaban J connectivity index is 0.00000144. The maximum absolute atomic E-state index is 12.1. The molecule has 1 aromatic rings. The molecule has 0 aromatic carbocycles. The number of amides is 1. The van der Waals surface area contributed by atoms with Gasteiger partial charge >= 0.3 is 29.6 Å². The number of hydrogen-bond donors (Lipinski definition) is 1. The van der Waals surface area contributed by atoms with Crippen LogP contribution >= 0.6 is 11.8 Å². The quantitative estimate of drug-likeness (QED) is 0.337. The predicted octanol–water partition coefficient (Wildman–Crippen LogP) is -4.12. The molecule has 22 heavy (non-hydrogen) atoms. The van der Waals surface area contributed by atoms with Gasteiger partial charge in [-0.3, -0.25) is 14.4 Å². The first-order valence-corrected chi connectivity index (χ1v) is 7.49. The Hall–Kier alpha value is -1.06. The summed E-state index contributed by atoms with van der Waals surface area (Å²) in [5.74, 6) is -1.61. The van der Waals surface area contributed by atoms with Crippen LogP contribution in [0.2, 0.25) is 0 Å². The van der Waals surface area contributed by atoms with Crippen molar-refractivity contribution in [3.63, 3.8) is 0 Å². The zero-order valence-corrected chi connectivity index (χ0v) is 14.7. The minimum Gasteiger partial charge on any atom is -0.543 e. The summed E-state index contributed by atoms with van der Waals surface area (Å²) < 4.78 is 1.93. The monoisotopic (exact) mass is 326 g/mol. The molecule has 4 heterocycles. The maximum Gasteiger partial charge on any atom is 1.00 e. The van der Waals surface area contributed by atoms with Crippen molar-refractivity contribution < 1.29 is 44.3 Å². The minimum atomic E-state index is -1.32. The van der Waals surface area contributed by atoms with Gasteiger partial charge in [-0.15, -0.1) is 11.8 Å². The molecule has 7 nitrogen and oxygen atoms in total. The fourth-order valence-electron chi connectivity index (χ4n) is 2.70. The van der Waals surface area contributed by atoms with E-state index in [2.05, 4.69) is 10.4 Å². The molecule has 1 saturated heterocycles. The number of carbonyl (C=O) groups excluding carboxylic acids is 2. The van der Waals surface area contributed by atoms with Crippen LogP contribution in [0.4, 0.5) is 0 Å². The topological polar surface area (TPSA) is 90.3 Å². The summed E-state index contributed by atoms with van der Waals surface area (Å²) in [5, 5.41) is 19.8. The molecule has 3 aliphatic heterocycles. The summed E-state index contributed by atoms with van der Waals surface area (Å²) in [4.78, 5) is 24.2. The molecule has 1 fully saturated rings. The van der Waals surface area contributed by atoms with E-state index in [-0.39, 0.29) is 46.5 Å². The molecular weight excluding hydrogens is 315 g/mol. The molecule has 1 N–H and O–H groups in total. The van der Waals surface area contributed by atoms with Crippen molar-refractivity contribution in [1.29, 1.82) is 0 Å². The van der Waals surface area contributed by atoms with Gasteiger partial charge in [-0.1, -0.05) is 0 Å². The number of carboxylic acids is 1. The second-order valence-corrected chi connectivity index (χ2v) is 5.97. The van der Waals surface area contributed by atoms with Crippen LogP contribution in [0.25, 0.3) is 6.08 Å². The number of carboxylic acid groups (broad SMARTS) is 1. The average Bonchev–Trinajstić information content (AvgIpc) is 3.05. The molecule has 9 heteroatoms. The molecule has 1 atom stereocenters. The number of rotatable bonds is 2. The van der Waals surface area contributed by atoms with E-state index in [4.69, 9.17) is 0 Å². The normalized spacial score (nSPS) is 24.3. The van der Waals surface area contributed by atoms with Gasteiger partial charge in [-0.25, -0.2) is 0 Å². The van der Waals surface area contributed by atoms with E-state index in [1.165, 1.54) is 22.1 Å². The summed E-state index contributed by atoms with van der Waals surface area (Å²) in [6.45, 7) is 2.47. The van der Waals surface area contributed by atoms with Crippen LogP contribution in [-0.4, -0.2) is 38.5 Å². The van der Waals surface area contributed by atoms with Crippen LogP contribution in [0.1, 0.15) is 11.4 Å². The third-order valence-corrected chi connectivity index (χ3v) is 4.82. The SMILES string of the molecule is O=C([O-])C1=CS[C@@H]2/C(=C\c3cc4n(n3)CCNC4)C(=O)N12.[Na+]. The zero-order valence-electron chi connectivity index (χ0n) is 11.9. The molecule has 1 aromatic heterocycles. The summed E-state index contributed by atoms with van der Waals surface area (Å²) in [6, 6.07) is 1.95. The van der Waals surface area contributed by atoms with E-state index < -0.39 is 5.97 Å². The first-order chi connectivity index (χ1) is 10.1. The third-order valence-electron chi connectivity index (χ3n) is 3.74. The Bertz CT molecular complexity index is 703. The van der Waals surface area contributed by atoms with Crippen molar-refractivity contribution >= 4 is 29.7 Å². The van der Waals surface area contributed by atoms with E-state index in [0.717, 1.165) is 31.0 Å². The smallest absolute Gasteiger partial charge is 0.543 e. The summed E-state index contributed by atoms with van der Waals surface area (Å²) in [6.07, 6.45) is 1.74. The van der Waals surface area contributed by atoms with Crippen molar-refractivity contribution in [3.8, 4) is 0 Å². The van der Waals surface area contributed by atoms with Crippen molar-refractivity contribution in [2.24, 2.45) is 0 Å². The number of hydrogen-bond acceptors (Lipinski definition) is 6. The van der Waals surface area contributed by atoms with Crippen LogP contribution < -0.4 is 40.0 Å². The van der Waals surface area contributed by atoms with Gasteiger partial charge in [0.1, 0.15) is 5.37 Å². The van der Waals surface area contributed by atoms with Crippen molar-refractivity contribution in [3.05, 3.63) is 34.1 Å². The first kappa shape index (κ1) is 15.8. The van der Waals surface area contributed by atoms with Gasteiger partial charge in [0.05, 0.1) is 35.2 Å². The molecule has 0 radical (unpaired) electrons. The van der Waals surface area contributed by atoms with Crippen LogP contribution in [0, 0.1) is 0 Å². The molecule has 0 saturated carbocycles. The second kappa shape index (κ2) is 5.86. The molecule has 0 bridgehead atoms. The predicted molar refractivity (Wildman–Crippen MR) is 73.2 cm³/mol. The van der Waals surface area contributed by atoms with Gasteiger partial charge in [0, 0.05) is 13.1 Å². The third kappa shape index (κ3) is 2.35. The number of nitrogens with zero attached hydrogens (tertiary/aromatic N) is 3. The zero-order chi connectivity index (χ0) is 14.6. The molecule has 0 aliphatic carbocycles. The number of aliphatic carboxylic acids is 1. The van der Waals surface area contributed by atoms with Crippen LogP contribution in [0.15, 0.2) is 22.7 Å². The number of β-lactam (4-membered cyclic amide) rings is 1. The number of aromatic nitrogens is 2.